The Morgan fingerprint density at radius 1 is 1.21 bits per heavy atom. The molecule has 0 aliphatic heterocycles. The summed E-state index contributed by atoms with van der Waals surface area (Å²) in [4.78, 5) is 13.9. The second-order valence-electron chi connectivity index (χ2n) is 4.64. The number of aliphatic hydroxyl groups excluding tert-OH is 1. The number of benzene rings is 1. The number of hydrogen-bond acceptors (Lipinski definition) is 3. The van der Waals surface area contributed by atoms with Gasteiger partial charge in [0.05, 0.1) is 0 Å². The summed E-state index contributed by atoms with van der Waals surface area (Å²) < 4.78 is 0. The molecule has 1 aromatic carbocycles. The topological polar surface area (TPSA) is 40.5 Å². The Bertz CT molecular complexity index is 378. The number of rotatable bonds is 8. The Morgan fingerprint density at radius 2 is 1.89 bits per heavy atom. The molecule has 0 unspecified atom stereocenters. The quantitative estimate of drug-likeness (QED) is 0.745. The second kappa shape index (κ2) is 8.99. The van der Waals surface area contributed by atoms with Gasteiger partial charge in [-0.15, -0.1) is 0 Å². The van der Waals surface area contributed by atoms with Crippen molar-refractivity contribution in [1.82, 2.24) is 4.90 Å². The van der Waals surface area contributed by atoms with Gasteiger partial charge in [-0.1, -0.05) is 12.1 Å². The third-order valence-electron chi connectivity index (χ3n) is 3.01. The van der Waals surface area contributed by atoms with Crippen molar-refractivity contribution in [2.75, 3.05) is 26.5 Å². The van der Waals surface area contributed by atoms with Gasteiger partial charge in [0.2, 0.25) is 0 Å². The molecule has 1 rings (SSSR count). The van der Waals surface area contributed by atoms with E-state index in [1.165, 1.54) is 5.56 Å². The number of unbranched alkanes of at least 4 members (excludes halogenated alkanes) is 2. The standard InChI is InChI=1S/C15H23NO2S/c1-16(10-4-3-5-11-17)15(18)14-8-6-13(7-9-14)12-19-2/h6-9,17H,3-5,10-12H2,1-2H3. The van der Waals surface area contributed by atoms with Crippen LogP contribution in [-0.2, 0) is 5.75 Å². The molecule has 0 saturated carbocycles. The van der Waals surface area contributed by atoms with Crippen molar-refractivity contribution in [2.24, 2.45) is 0 Å². The van der Waals surface area contributed by atoms with Crippen molar-refractivity contribution in [3.8, 4) is 0 Å². The summed E-state index contributed by atoms with van der Waals surface area (Å²) in [5.41, 5.74) is 1.99. The highest BCUT2D eigenvalue weighted by atomic mass is 32.2. The van der Waals surface area contributed by atoms with Gasteiger partial charge >= 0.3 is 0 Å². The summed E-state index contributed by atoms with van der Waals surface area (Å²) in [5.74, 6) is 1.05. The highest BCUT2D eigenvalue weighted by Crippen LogP contribution is 2.12. The average molecular weight is 281 g/mol. The molecule has 4 heteroatoms. The number of aliphatic hydroxyl groups is 1. The van der Waals surface area contributed by atoms with Crippen molar-refractivity contribution in [3.63, 3.8) is 0 Å². The molecule has 0 aliphatic rings. The highest BCUT2D eigenvalue weighted by Gasteiger charge is 2.10. The summed E-state index contributed by atoms with van der Waals surface area (Å²) in [7, 11) is 1.83. The molecule has 0 bridgehead atoms. The predicted molar refractivity (Wildman–Crippen MR) is 81.6 cm³/mol. The van der Waals surface area contributed by atoms with E-state index in [2.05, 4.69) is 6.26 Å². The highest BCUT2D eigenvalue weighted by molar-refractivity contribution is 7.97. The molecular formula is C15H23NO2S. The first kappa shape index (κ1) is 16.1. The SMILES string of the molecule is CSCc1ccc(C(=O)N(C)CCCCCO)cc1. The van der Waals surface area contributed by atoms with Crippen molar-refractivity contribution in [2.45, 2.75) is 25.0 Å². The fourth-order valence-corrected chi connectivity index (χ4v) is 2.40. The molecule has 19 heavy (non-hydrogen) atoms. The van der Waals surface area contributed by atoms with Gasteiger partial charge in [0, 0.05) is 31.5 Å². The van der Waals surface area contributed by atoms with Crippen LogP contribution in [0.1, 0.15) is 35.2 Å². The fourth-order valence-electron chi connectivity index (χ4n) is 1.87. The fraction of sp³-hybridized carbons (Fsp3) is 0.533. The Hall–Kier alpha value is -1.00. The molecule has 0 aromatic heterocycles. The van der Waals surface area contributed by atoms with E-state index >= 15 is 0 Å². The van der Waals surface area contributed by atoms with E-state index in [1.54, 1.807) is 16.7 Å². The molecule has 0 heterocycles. The van der Waals surface area contributed by atoms with Crippen molar-refractivity contribution in [1.29, 1.82) is 0 Å². The summed E-state index contributed by atoms with van der Waals surface area (Å²) in [6.07, 6.45) is 4.78. The van der Waals surface area contributed by atoms with Gasteiger partial charge in [-0.05, 0) is 43.2 Å². The largest absolute Gasteiger partial charge is 0.396 e. The lowest BCUT2D eigenvalue weighted by Crippen LogP contribution is -2.27. The summed E-state index contributed by atoms with van der Waals surface area (Å²) in [6.45, 7) is 0.972. The van der Waals surface area contributed by atoms with Gasteiger partial charge < -0.3 is 10.0 Å². The van der Waals surface area contributed by atoms with Crippen LogP contribution in [0.2, 0.25) is 0 Å². The molecule has 0 fully saturated rings. The monoisotopic (exact) mass is 281 g/mol. The number of nitrogens with zero attached hydrogens (tertiary/aromatic N) is 1. The molecule has 1 aromatic rings. The van der Waals surface area contributed by atoms with E-state index in [4.69, 9.17) is 5.11 Å². The number of carbonyl (C=O) groups is 1. The minimum absolute atomic E-state index is 0.0692. The van der Waals surface area contributed by atoms with Crippen LogP contribution in [0.3, 0.4) is 0 Å². The van der Waals surface area contributed by atoms with Crippen LogP contribution in [0.25, 0.3) is 0 Å². The summed E-state index contributed by atoms with van der Waals surface area (Å²) in [5, 5.41) is 8.71. The Labute approximate surface area is 120 Å². The minimum Gasteiger partial charge on any atom is -0.396 e. The Morgan fingerprint density at radius 3 is 2.47 bits per heavy atom. The zero-order valence-electron chi connectivity index (χ0n) is 11.8. The minimum atomic E-state index is 0.0692. The third kappa shape index (κ3) is 5.66. The van der Waals surface area contributed by atoms with Crippen LogP contribution < -0.4 is 0 Å². The van der Waals surface area contributed by atoms with Crippen molar-refractivity contribution < 1.29 is 9.90 Å². The first-order chi connectivity index (χ1) is 9.19. The van der Waals surface area contributed by atoms with E-state index < -0.39 is 0 Å². The van der Waals surface area contributed by atoms with Crippen LogP contribution >= 0.6 is 11.8 Å². The van der Waals surface area contributed by atoms with E-state index in [0.717, 1.165) is 37.1 Å². The lowest BCUT2D eigenvalue weighted by Gasteiger charge is -2.17. The molecule has 0 saturated heterocycles. The van der Waals surface area contributed by atoms with Crippen LogP contribution in [0, 0.1) is 0 Å². The summed E-state index contributed by atoms with van der Waals surface area (Å²) in [6, 6.07) is 7.84. The second-order valence-corrected chi connectivity index (χ2v) is 5.51. The van der Waals surface area contributed by atoms with Gasteiger partial charge in [0.25, 0.3) is 5.91 Å². The normalized spacial score (nSPS) is 10.5. The smallest absolute Gasteiger partial charge is 0.253 e. The number of thioether (sulfide) groups is 1. The van der Waals surface area contributed by atoms with Crippen molar-refractivity contribution in [3.05, 3.63) is 35.4 Å². The Kier molecular flexibility index (Phi) is 7.60. The molecule has 1 amide bonds. The maximum Gasteiger partial charge on any atom is 0.253 e. The van der Waals surface area contributed by atoms with Crippen molar-refractivity contribution >= 4 is 17.7 Å². The lowest BCUT2D eigenvalue weighted by molar-refractivity contribution is 0.0792. The van der Waals surface area contributed by atoms with Gasteiger partial charge in [-0.2, -0.15) is 11.8 Å². The molecule has 0 radical (unpaired) electrons. The van der Waals surface area contributed by atoms with Gasteiger partial charge in [0.1, 0.15) is 0 Å². The van der Waals surface area contributed by atoms with E-state index in [9.17, 15) is 4.79 Å². The Balaban J connectivity index is 2.47. The molecule has 0 aliphatic carbocycles. The van der Waals surface area contributed by atoms with Gasteiger partial charge in [0.15, 0.2) is 0 Å². The van der Waals surface area contributed by atoms with Gasteiger partial charge in [-0.25, -0.2) is 0 Å². The maximum atomic E-state index is 12.1. The van der Waals surface area contributed by atoms with Gasteiger partial charge in [-0.3, -0.25) is 4.79 Å². The molecule has 0 atom stereocenters. The first-order valence-corrected chi connectivity index (χ1v) is 8.02. The maximum absolute atomic E-state index is 12.1. The molecular weight excluding hydrogens is 258 g/mol. The zero-order valence-corrected chi connectivity index (χ0v) is 12.6. The van der Waals surface area contributed by atoms with E-state index in [-0.39, 0.29) is 12.5 Å². The van der Waals surface area contributed by atoms with Crippen LogP contribution in [0.5, 0.6) is 0 Å². The van der Waals surface area contributed by atoms with E-state index in [1.807, 2.05) is 31.3 Å². The number of amides is 1. The lowest BCUT2D eigenvalue weighted by atomic mass is 10.1. The number of carbonyl (C=O) groups excluding carboxylic acids is 1. The zero-order chi connectivity index (χ0) is 14.1. The molecule has 3 nitrogen and oxygen atoms in total. The van der Waals surface area contributed by atoms with Crippen LogP contribution in [-0.4, -0.2) is 42.4 Å². The van der Waals surface area contributed by atoms with Crippen LogP contribution in [0.4, 0.5) is 0 Å². The first-order valence-electron chi connectivity index (χ1n) is 6.63. The molecule has 1 N–H and O–H groups in total. The number of hydrogen-bond donors (Lipinski definition) is 1. The van der Waals surface area contributed by atoms with Crippen LogP contribution in [0.15, 0.2) is 24.3 Å². The van der Waals surface area contributed by atoms with E-state index in [0.29, 0.717) is 0 Å². The average Bonchev–Trinajstić information content (AvgIpc) is 2.44. The molecule has 0 spiro atoms. The molecule has 106 valence electrons. The predicted octanol–water partition coefficient (Wildman–Crippen LogP) is 2.78. The third-order valence-corrected chi connectivity index (χ3v) is 3.63. The summed E-state index contributed by atoms with van der Waals surface area (Å²) >= 11 is 1.78.